The monoisotopic (exact) mass is 601 g/mol. The first-order chi connectivity index (χ1) is 19.1. The fourth-order valence-electron chi connectivity index (χ4n) is 4.89. The summed E-state index contributed by atoms with van der Waals surface area (Å²) in [5, 5.41) is 3.64. The van der Waals surface area contributed by atoms with Gasteiger partial charge in [-0.05, 0) is 43.0 Å². The van der Waals surface area contributed by atoms with Crippen LogP contribution in [0.3, 0.4) is 0 Å². The Morgan fingerprint density at radius 3 is 2.73 bits per heavy atom. The topological polar surface area (TPSA) is 106 Å². The van der Waals surface area contributed by atoms with Crippen LogP contribution >= 0.6 is 23.2 Å². The summed E-state index contributed by atoms with van der Waals surface area (Å²) in [6.07, 6.45) is 6.32. The molecule has 1 N–H and O–H groups in total. The lowest BCUT2D eigenvalue weighted by Gasteiger charge is -2.24. The first-order valence-electron chi connectivity index (χ1n) is 12.9. The normalized spacial score (nSPS) is 16.1. The largest absolute Gasteiger partial charge is 0.487 e. The number of ether oxygens (including phenoxy) is 1. The number of amides is 1. The molecule has 0 bridgehead atoms. The maximum absolute atomic E-state index is 13.6. The van der Waals surface area contributed by atoms with E-state index in [1.54, 1.807) is 18.6 Å². The van der Waals surface area contributed by atoms with Gasteiger partial charge in [0.05, 0.1) is 17.0 Å². The summed E-state index contributed by atoms with van der Waals surface area (Å²) in [5.41, 5.74) is 2.77. The van der Waals surface area contributed by atoms with Gasteiger partial charge in [-0.3, -0.25) is 4.79 Å². The molecular formula is C28H29Cl2N5O4S. The second-order valence-corrected chi connectivity index (χ2v) is 12.5. The second-order valence-electron chi connectivity index (χ2n) is 9.86. The third-order valence-electron chi connectivity index (χ3n) is 7.04. The zero-order valence-corrected chi connectivity index (χ0v) is 24.6. The van der Waals surface area contributed by atoms with Gasteiger partial charge in [-0.25, -0.2) is 18.4 Å². The number of pyridine rings is 1. The van der Waals surface area contributed by atoms with Crippen LogP contribution in [-0.2, 0) is 21.4 Å². The highest BCUT2D eigenvalue weighted by molar-refractivity contribution is 7.89. The number of nitrogens with one attached hydrogen (secondary N) is 1. The van der Waals surface area contributed by atoms with Gasteiger partial charge >= 0.3 is 0 Å². The maximum atomic E-state index is 13.6. The summed E-state index contributed by atoms with van der Waals surface area (Å²) in [6, 6.07) is 9.73. The molecule has 5 rings (SSSR count). The number of rotatable bonds is 8. The Morgan fingerprint density at radius 1 is 1.23 bits per heavy atom. The molecule has 0 unspecified atom stereocenters. The van der Waals surface area contributed by atoms with Gasteiger partial charge in [0, 0.05) is 47.7 Å². The van der Waals surface area contributed by atoms with Crippen LogP contribution in [0.25, 0.3) is 16.6 Å². The van der Waals surface area contributed by atoms with Crippen LogP contribution in [0.4, 0.5) is 0 Å². The van der Waals surface area contributed by atoms with E-state index >= 15 is 0 Å². The third-order valence-corrected chi connectivity index (χ3v) is 9.88. The molecule has 1 atom stereocenters. The molecule has 0 saturated carbocycles. The summed E-state index contributed by atoms with van der Waals surface area (Å²) in [6.45, 7) is 4.27. The predicted octanol–water partition coefficient (Wildman–Crippen LogP) is 5.33. The number of imidazole rings is 1. The van der Waals surface area contributed by atoms with Crippen molar-refractivity contribution in [3.05, 3.63) is 76.4 Å². The van der Waals surface area contributed by atoms with Crippen molar-refractivity contribution in [3.63, 3.8) is 0 Å². The first-order valence-corrected chi connectivity index (χ1v) is 15.1. The van der Waals surface area contributed by atoms with E-state index in [9.17, 15) is 13.2 Å². The molecule has 3 heterocycles. The van der Waals surface area contributed by atoms with Gasteiger partial charge < -0.3 is 14.6 Å². The van der Waals surface area contributed by atoms with Crippen LogP contribution in [-0.4, -0.2) is 52.8 Å². The highest BCUT2D eigenvalue weighted by Gasteiger charge is 2.40. The lowest BCUT2D eigenvalue weighted by Crippen LogP contribution is -2.44. The van der Waals surface area contributed by atoms with Crippen molar-refractivity contribution >= 4 is 50.0 Å². The van der Waals surface area contributed by atoms with E-state index in [2.05, 4.69) is 24.1 Å². The highest BCUT2D eigenvalue weighted by atomic mass is 35.5. The van der Waals surface area contributed by atoms with E-state index in [-0.39, 0.29) is 39.9 Å². The number of sulfonamides is 1. The minimum Gasteiger partial charge on any atom is -0.487 e. The summed E-state index contributed by atoms with van der Waals surface area (Å²) >= 11 is 13.2. The molecule has 0 radical (unpaired) electrons. The Balaban J connectivity index is 1.51. The van der Waals surface area contributed by atoms with Gasteiger partial charge in [0.2, 0.25) is 15.9 Å². The average Bonchev–Trinajstić information content (AvgIpc) is 3.65. The zero-order chi connectivity index (χ0) is 28.6. The lowest BCUT2D eigenvalue weighted by atomic mass is 10.1. The number of para-hydroxylation sites is 1. The van der Waals surface area contributed by atoms with Crippen LogP contribution < -0.4 is 10.1 Å². The van der Waals surface area contributed by atoms with E-state index in [1.807, 2.05) is 29.0 Å². The third kappa shape index (κ3) is 5.16. The Bertz CT molecular complexity index is 1680. The van der Waals surface area contributed by atoms with Gasteiger partial charge in [0.25, 0.3) is 0 Å². The van der Waals surface area contributed by atoms with E-state index in [1.165, 1.54) is 23.5 Å². The number of aromatic nitrogens is 3. The number of halogens is 2. The number of hydrogen-bond acceptors (Lipinski definition) is 6. The van der Waals surface area contributed by atoms with Crippen LogP contribution in [0.1, 0.15) is 43.9 Å². The van der Waals surface area contributed by atoms with Crippen molar-refractivity contribution in [2.45, 2.75) is 50.2 Å². The molecule has 0 spiro atoms. The molecule has 40 heavy (non-hydrogen) atoms. The standard InChI is InChI=1S/C28H29Cl2N5O4S/c1-17(2)21-14-23(34-13-11-32-16-34)18-6-4-8-24(27(18)33-21)39-15-19-20(29)9-10-25(26(19)30)40(37,38)35-12-5-7-22(35)28(36)31-3/h4,6,8-11,13-14,16-17,22H,5,7,12,15H2,1-3H3,(H,31,36)/t22-/m0/s1. The number of carbonyl (C=O) groups is 1. The van der Waals surface area contributed by atoms with E-state index < -0.39 is 16.1 Å². The SMILES string of the molecule is CNC(=O)[C@@H]1CCCN1S(=O)(=O)c1ccc(Cl)c(COc2cccc3c(-n4ccnc4)cc(C(C)C)nc23)c1Cl. The van der Waals surface area contributed by atoms with Crippen LogP contribution in [0.5, 0.6) is 5.75 Å². The molecule has 2 aromatic heterocycles. The van der Waals surface area contributed by atoms with Crippen molar-refractivity contribution < 1.29 is 17.9 Å². The van der Waals surface area contributed by atoms with E-state index in [0.717, 1.165) is 16.8 Å². The van der Waals surface area contributed by atoms with Crippen LogP contribution in [0.15, 0.2) is 60.0 Å². The first kappa shape index (κ1) is 28.4. The average molecular weight is 603 g/mol. The molecule has 2 aromatic carbocycles. The van der Waals surface area contributed by atoms with Crippen molar-refractivity contribution in [2.75, 3.05) is 13.6 Å². The van der Waals surface area contributed by atoms with Gasteiger partial charge in [-0.2, -0.15) is 4.31 Å². The lowest BCUT2D eigenvalue weighted by molar-refractivity contribution is -0.123. The number of carbonyl (C=O) groups excluding carboxylic acids is 1. The fraction of sp³-hybridized carbons (Fsp3) is 0.321. The number of benzene rings is 2. The van der Waals surface area contributed by atoms with Crippen molar-refractivity contribution in [2.24, 2.45) is 0 Å². The Morgan fingerprint density at radius 2 is 2.02 bits per heavy atom. The molecule has 1 amide bonds. The molecule has 1 fully saturated rings. The number of hydrogen-bond donors (Lipinski definition) is 1. The predicted molar refractivity (Wildman–Crippen MR) is 155 cm³/mol. The molecule has 0 aliphatic carbocycles. The Hall–Kier alpha value is -3.18. The minimum absolute atomic E-state index is 0.0368. The van der Waals surface area contributed by atoms with Crippen LogP contribution in [0.2, 0.25) is 10.0 Å². The smallest absolute Gasteiger partial charge is 0.245 e. The maximum Gasteiger partial charge on any atom is 0.245 e. The van der Waals surface area contributed by atoms with Gasteiger partial charge in [0.15, 0.2) is 0 Å². The van der Waals surface area contributed by atoms with Crippen molar-refractivity contribution in [1.82, 2.24) is 24.2 Å². The summed E-state index contributed by atoms with van der Waals surface area (Å²) < 4.78 is 36.6. The highest BCUT2D eigenvalue weighted by Crippen LogP contribution is 2.37. The van der Waals surface area contributed by atoms with Gasteiger partial charge in [-0.15, -0.1) is 0 Å². The quantitative estimate of drug-likeness (QED) is 0.292. The summed E-state index contributed by atoms with van der Waals surface area (Å²) in [7, 11) is -2.58. The molecular weight excluding hydrogens is 573 g/mol. The van der Waals surface area contributed by atoms with Gasteiger partial charge in [0.1, 0.15) is 28.8 Å². The molecule has 9 nitrogen and oxygen atoms in total. The molecule has 210 valence electrons. The van der Waals surface area contributed by atoms with Crippen molar-refractivity contribution in [3.8, 4) is 11.4 Å². The van der Waals surface area contributed by atoms with E-state index in [0.29, 0.717) is 29.7 Å². The molecule has 12 heteroatoms. The minimum atomic E-state index is -4.07. The Labute approximate surface area is 243 Å². The molecule has 4 aromatic rings. The second kappa shape index (κ2) is 11.4. The number of fused-ring (bicyclic) bond motifs is 1. The van der Waals surface area contributed by atoms with E-state index in [4.69, 9.17) is 32.9 Å². The fourth-order valence-corrected chi connectivity index (χ4v) is 7.41. The summed E-state index contributed by atoms with van der Waals surface area (Å²) in [5.74, 6) is 0.310. The zero-order valence-electron chi connectivity index (χ0n) is 22.3. The molecule has 1 aliphatic rings. The molecule has 1 saturated heterocycles. The van der Waals surface area contributed by atoms with Crippen molar-refractivity contribution in [1.29, 1.82) is 0 Å². The molecule has 1 aliphatic heterocycles. The number of nitrogens with zero attached hydrogens (tertiary/aromatic N) is 4. The van der Waals surface area contributed by atoms with Gasteiger partial charge in [-0.1, -0.05) is 49.2 Å². The summed E-state index contributed by atoms with van der Waals surface area (Å²) in [4.78, 5) is 21.3. The van der Waals surface area contributed by atoms with Crippen LogP contribution in [0, 0.1) is 0 Å². The Kier molecular flexibility index (Phi) is 8.05. The number of likely N-dealkylation sites (N-methyl/N-ethyl adjacent to an activating group) is 1.